The van der Waals surface area contributed by atoms with E-state index in [2.05, 4.69) is 40.2 Å². The molecule has 4 heteroatoms. The molecule has 4 rings (SSSR count). The Balaban J connectivity index is 1.83. The van der Waals surface area contributed by atoms with Gasteiger partial charge in [0.1, 0.15) is 6.04 Å². The third-order valence-corrected chi connectivity index (χ3v) is 5.27. The number of pyridine rings is 1. The van der Waals surface area contributed by atoms with Crippen LogP contribution in [0.2, 0.25) is 0 Å². The molecule has 0 spiro atoms. The highest BCUT2D eigenvalue weighted by Gasteiger charge is 2.35. The maximum Gasteiger partial charge on any atom is 0.320 e. The SMILES string of the molecule is O=C(O)C1CCCCN1C(c1ccncc1)c1ccc2ccccc2c1. The highest BCUT2D eigenvalue weighted by Crippen LogP contribution is 2.35. The summed E-state index contributed by atoms with van der Waals surface area (Å²) in [5, 5.41) is 12.1. The molecule has 4 nitrogen and oxygen atoms in total. The van der Waals surface area contributed by atoms with E-state index in [4.69, 9.17) is 0 Å². The number of nitrogens with zero attached hydrogens (tertiary/aromatic N) is 2. The number of aromatic nitrogens is 1. The molecule has 0 saturated carbocycles. The van der Waals surface area contributed by atoms with Crippen molar-refractivity contribution in [1.82, 2.24) is 9.88 Å². The molecule has 0 bridgehead atoms. The van der Waals surface area contributed by atoms with Gasteiger partial charge in [0.2, 0.25) is 0 Å². The summed E-state index contributed by atoms with van der Waals surface area (Å²) in [5.74, 6) is -0.732. The highest BCUT2D eigenvalue weighted by molar-refractivity contribution is 5.83. The average Bonchev–Trinajstić information content (AvgIpc) is 2.69. The van der Waals surface area contributed by atoms with Crippen LogP contribution in [0.1, 0.15) is 36.4 Å². The number of carboxylic acids is 1. The van der Waals surface area contributed by atoms with Crippen molar-refractivity contribution in [3.05, 3.63) is 78.1 Å². The fraction of sp³-hybridized carbons (Fsp3) is 0.273. The molecule has 0 aliphatic carbocycles. The summed E-state index contributed by atoms with van der Waals surface area (Å²) in [6.45, 7) is 0.788. The molecule has 26 heavy (non-hydrogen) atoms. The average molecular weight is 346 g/mol. The zero-order chi connectivity index (χ0) is 17.9. The van der Waals surface area contributed by atoms with Crippen LogP contribution in [0.25, 0.3) is 10.8 Å². The number of aliphatic carboxylic acids is 1. The molecule has 2 heterocycles. The van der Waals surface area contributed by atoms with E-state index in [1.54, 1.807) is 12.4 Å². The minimum atomic E-state index is -0.732. The Morgan fingerprint density at radius 1 is 1.00 bits per heavy atom. The van der Waals surface area contributed by atoms with E-state index in [1.165, 1.54) is 10.8 Å². The lowest BCUT2D eigenvalue weighted by Gasteiger charge is -2.39. The Kier molecular flexibility index (Phi) is 4.67. The minimum Gasteiger partial charge on any atom is -0.480 e. The second-order valence-electron chi connectivity index (χ2n) is 6.88. The molecular weight excluding hydrogens is 324 g/mol. The standard InChI is InChI=1S/C22H22N2O2/c25-22(26)20-7-3-4-14-24(20)21(17-10-12-23-13-11-17)19-9-8-16-5-1-2-6-18(16)15-19/h1-2,5-6,8-13,15,20-21H,3-4,7,14H2,(H,25,26). The van der Waals surface area contributed by atoms with E-state index >= 15 is 0 Å². The maximum atomic E-state index is 11.9. The monoisotopic (exact) mass is 346 g/mol. The van der Waals surface area contributed by atoms with Gasteiger partial charge in [-0.1, -0.05) is 42.8 Å². The van der Waals surface area contributed by atoms with Crippen LogP contribution in [0.4, 0.5) is 0 Å². The maximum absolute atomic E-state index is 11.9. The molecule has 0 radical (unpaired) electrons. The Bertz CT molecular complexity index is 910. The summed E-state index contributed by atoms with van der Waals surface area (Å²) >= 11 is 0. The molecule has 0 amide bonds. The van der Waals surface area contributed by atoms with Crippen molar-refractivity contribution in [3.8, 4) is 0 Å². The van der Waals surface area contributed by atoms with Crippen molar-refractivity contribution >= 4 is 16.7 Å². The van der Waals surface area contributed by atoms with Gasteiger partial charge in [0.15, 0.2) is 0 Å². The molecule has 1 aromatic heterocycles. The molecule has 2 aromatic carbocycles. The van der Waals surface area contributed by atoms with Gasteiger partial charge in [0, 0.05) is 12.4 Å². The van der Waals surface area contributed by atoms with Crippen molar-refractivity contribution in [2.75, 3.05) is 6.54 Å². The zero-order valence-corrected chi connectivity index (χ0v) is 14.6. The lowest BCUT2D eigenvalue weighted by Crippen LogP contribution is -2.46. The number of hydrogen-bond donors (Lipinski definition) is 1. The quantitative estimate of drug-likeness (QED) is 0.767. The van der Waals surface area contributed by atoms with Crippen molar-refractivity contribution in [2.24, 2.45) is 0 Å². The van der Waals surface area contributed by atoms with E-state index in [0.29, 0.717) is 6.42 Å². The predicted molar refractivity (Wildman–Crippen MR) is 102 cm³/mol. The molecule has 1 N–H and O–H groups in total. The Morgan fingerprint density at radius 2 is 1.77 bits per heavy atom. The van der Waals surface area contributed by atoms with Crippen LogP contribution in [0.5, 0.6) is 0 Å². The van der Waals surface area contributed by atoms with Crippen LogP contribution in [0.3, 0.4) is 0 Å². The third-order valence-electron chi connectivity index (χ3n) is 5.27. The van der Waals surface area contributed by atoms with Crippen LogP contribution < -0.4 is 0 Å². The van der Waals surface area contributed by atoms with Gasteiger partial charge in [0.25, 0.3) is 0 Å². The van der Waals surface area contributed by atoms with Crippen LogP contribution in [0.15, 0.2) is 67.0 Å². The van der Waals surface area contributed by atoms with Crippen LogP contribution in [-0.2, 0) is 4.79 Å². The number of rotatable bonds is 4. The van der Waals surface area contributed by atoms with Gasteiger partial charge < -0.3 is 5.11 Å². The molecule has 132 valence electrons. The molecule has 2 unspecified atom stereocenters. The van der Waals surface area contributed by atoms with Crippen molar-refractivity contribution in [3.63, 3.8) is 0 Å². The van der Waals surface area contributed by atoms with Crippen LogP contribution >= 0.6 is 0 Å². The number of fused-ring (bicyclic) bond motifs is 1. The van der Waals surface area contributed by atoms with Gasteiger partial charge in [-0.2, -0.15) is 0 Å². The first-order valence-corrected chi connectivity index (χ1v) is 9.11. The van der Waals surface area contributed by atoms with Crippen LogP contribution in [0, 0.1) is 0 Å². The molecule has 1 aliphatic heterocycles. The number of hydrogen-bond acceptors (Lipinski definition) is 3. The fourth-order valence-electron chi connectivity index (χ4n) is 4.03. The normalized spacial score (nSPS) is 19.3. The lowest BCUT2D eigenvalue weighted by atomic mass is 9.91. The molecular formula is C22H22N2O2. The number of benzene rings is 2. The van der Waals surface area contributed by atoms with E-state index in [0.717, 1.165) is 30.5 Å². The Morgan fingerprint density at radius 3 is 2.54 bits per heavy atom. The smallest absolute Gasteiger partial charge is 0.320 e. The molecule has 3 aromatic rings. The summed E-state index contributed by atoms with van der Waals surface area (Å²) in [6.07, 6.45) is 6.25. The van der Waals surface area contributed by atoms with Gasteiger partial charge in [-0.25, -0.2) is 0 Å². The van der Waals surface area contributed by atoms with Crippen LogP contribution in [-0.4, -0.2) is 33.5 Å². The summed E-state index contributed by atoms with van der Waals surface area (Å²) in [4.78, 5) is 18.2. The Labute approximate surface area is 153 Å². The first-order chi connectivity index (χ1) is 12.7. The highest BCUT2D eigenvalue weighted by atomic mass is 16.4. The van der Waals surface area contributed by atoms with Crippen molar-refractivity contribution < 1.29 is 9.90 Å². The van der Waals surface area contributed by atoms with E-state index in [-0.39, 0.29) is 6.04 Å². The van der Waals surface area contributed by atoms with Gasteiger partial charge in [-0.3, -0.25) is 14.7 Å². The summed E-state index contributed by atoms with van der Waals surface area (Å²) in [5.41, 5.74) is 2.21. The van der Waals surface area contributed by atoms with Crippen molar-refractivity contribution in [1.29, 1.82) is 0 Å². The number of piperidine rings is 1. The van der Waals surface area contributed by atoms with Crippen molar-refractivity contribution in [2.45, 2.75) is 31.3 Å². The van der Waals surface area contributed by atoms with E-state index in [9.17, 15) is 9.90 Å². The largest absolute Gasteiger partial charge is 0.480 e. The number of carbonyl (C=O) groups is 1. The van der Waals surface area contributed by atoms with Gasteiger partial charge in [0.05, 0.1) is 6.04 Å². The number of likely N-dealkylation sites (tertiary alicyclic amines) is 1. The summed E-state index contributed by atoms with van der Waals surface area (Å²) < 4.78 is 0. The zero-order valence-electron chi connectivity index (χ0n) is 14.6. The third kappa shape index (κ3) is 3.20. The molecule has 1 saturated heterocycles. The van der Waals surface area contributed by atoms with E-state index in [1.807, 2.05) is 24.3 Å². The van der Waals surface area contributed by atoms with E-state index < -0.39 is 12.0 Å². The molecule has 2 atom stereocenters. The first-order valence-electron chi connectivity index (χ1n) is 9.11. The second kappa shape index (κ2) is 7.26. The van der Waals surface area contributed by atoms with Gasteiger partial charge in [-0.05, 0) is 59.5 Å². The molecule has 1 aliphatic rings. The summed E-state index contributed by atoms with van der Waals surface area (Å²) in [6, 6.07) is 18.2. The van der Waals surface area contributed by atoms with Gasteiger partial charge in [-0.15, -0.1) is 0 Å². The predicted octanol–water partition coefficient (Wildman–Crippen LogP) is 4.26. The number of carboxylic acid groups (broad SMARTS) is 1. The lowest BCUT2D eigenvalue weighted by molar-refractivity contribution is -0.145. The Hall–Kier alpha value is -2.72. The minimum absolute atomic E-state index is 0.0796. The summed E-state index contributed by atoms with van der Waals surface area (Å²) in [7, 11) is 0. The first kappa shape index (κ1) is 16.7. The van der Waals surface area contributed by atoms with Gasteiger partial charge >= 0.3 is 5.97 Å². The molecule has 1 fully saturated rings. The topological polar surface area (TPSA) is 53.4 Å². The second-order valence-corrected chi connectivity index (χ2v) is 6.88. The fourth-order valence-corrected chi connectivity index (χ4v) is 4.03.